The molecule has 37 heavy (non-hydrogen) atoms. The normalized spacial score (nSPS) is 14.4. The predicted molar refractivity (Wildman–Crippen MR) is 141 cm³/mol. The molecule has 2 amide bonds. The summed E-state index contributed by atoms with van der Waals surface area (Å²) in [6, 6.07) is 17.8. The molecule has 0 spiro atoms. The number of thiocarbonyl (C=S) groups is 1. The number of para-hydroxylation sites is 1. The van der Waals surface area contributed by atoms with Gasteiger partial charge in [-0.25, -0.2) is 9.29 Å². The van der Waals surface area contributed by atoms with E-state index in [4.69, 9.17) is 33.3 Å². The molecule has 1 aliphatic rings. The fraction of sp³-hybridized carbons (Fsp3) is 0.111. The molecule has 1 saturated heterocycles. The molecule has 0 atom stereocenters. The Labute approximate surface area is 222 Å². The second kappa shape index (κ2) is 11.2. The minimum Gasteiger partial charge on any atom is -0.490 e. The van der Waals surface area contributed by atoms with Crippen LogP contribution in [0.3, 0.4) is 0 Å². The van der Waals surface area contributed by atoms with E-state index >= 15 is 0 Å². The van der Waals surface area contributed by atoms with Crippen LogP contribution in [0.5, 0.6) is 11.5 Å². The van der Waals surface area contributed by atoms with E-state index < -0.39 is 17.6 Å². The number of anilines is 1. The fourth-order valence-electron chi connectivity index (χ4n) is 3.66. The third-order valence-corrected chi connectivity index (χ3v) is 5.91. The lowest BCUT2D eigenvalue weighted by atomic mass is 10.1. The van der Waals surface area contributed by atoms with Gasteiger partial charge in [-0.1, -0.05) is 41.9 Å². The number of rotatable bonds is 7. The number of hydrogen-bond acceptors (Lipinski definition) is 6. The molecule has 0 aromatic heterocycles. The van der Waals surface area contributed by atoms with Crippen LogP contribution < -0.4 is 19.7 Å². The van der Waals surface area contributed by atoms with Gasteiger partial charge in [0.15, 0.2) is 16.6 Å². The van der Waals surface area contributed by atoms with E-state index in [1.807, 2.05) is 0 Å². The lowest BCUT2D eigenvalue weighted by molar-refractivity contribution is -0.122. The van der Waals surface area contributed by atoms with Crippen molar-refractivity contribution in [3.8, 4) is 17.6 Å². The number of halogens is 2. The summed E-state index contributed by atoms with van der Waals surface area (Å²) in [5.41, 5.74) is 1.16. The smallest absolute Gasteiger partial charge is 0.270 e. The monoisotopic (exact) mass is 535 g/mol. The molecule has 4 rings (SSSR count). The Balaban J connectivity index is 1.68. The molecule has 1 aliphatic heterocycles. The van der Waals surface area contributed by atoms with Gasteiger partial charge in [0.1, 0.15) is 18.0 Å². The van der Waals surface area contributed by atoms with Crippen molar-refractivity contribution >= 4 is 52.5 Å². The molecule has 1 N–H and O–H groups in total. The molecule has 7 nitrogen and oxygen atoms in total. The van der Waals surface area contributed by atoms with Crippen LogP contribution in [0.4, 0.5) is 10.1 Å². The molecule has 0 radical (unpaired) electrons. The summed E-state index contributed by atoms with van der Waals surface area (Å²) in [4.78, 5) is 26.8. The van der Waals surface area contributed by atoms with Crippen LogP contribution in [0.25, 0.3) is 6.08 Å². The first kappa shape index (κ1) is 25.8. The maximum Gasteiger partial charge on any atom is 0.270 e. The van der Waals surface area contributed by atoms with Gasteiger partial charge >= 0.3 is 0 Å². The van der Waals surface area contributed by atoms with Crippen molar-refractivity contribution in [2.24, 2.45) is 0 Å². The summed E-state index contributed by atoms with van der Waals surface area (Å²) in [6.45, 7) is 2.13. The quantitative estimate of drug-likeness (QED) is 0.255. The van der Waals surface area contributed by atoms with Crippen LogP contribution >= 0.6 is 23.8 Å². The number of hydrogen-bond donors (Lipinski definition) is 1. The largest absolute Gasteiger partial charge is 0.490 e. The topological polar surface area (TPSA) is 91.7 Å². The highest BCUT2D eigenvalue weighted by molar-refractivity contribution is 7.80. The Hall–Kier alpha value is -4.26. The second-order valence-corrected chi connectivity index (χ2v) is 8.52. The molecule has 186 valence electrons. The zero-order valence-electron chi connectivity index (χ0n) is 19.5. The van der Waals surface area contributed by atoms with Crippen LogP contribution in [-0.4, -0.2) is 23.5 Å². The van der Waals surface area contributed by atoms with Crippen molar-refractivity contribution in [2.75, 3.05) is 11.5 Å². The fourth-order valence-corrected chi connectivity index (χ4v) is 4.20. The van der Waals surface area contributed by atoms with E-state index in [1.54, 1.807) is 43.3 Å². The SMILES string of the molecule is CCOc1cc(/C=C2\C(=O)NC(=S)N(c3ccccc3F)C2=O)cc(Cl)c1OCc1ccccc1C#N. The highest BCUT2D eigenvalue weighted by atomic mass is 35.5. The highest BCUT2D eigenvalue weighted by Crippen LogP contribution is 2.38. The van der Waals surface area contributed by atoms with Gasteiger partial charge in [-0.05, 0) is 61.1 Å². The predicted octanol–water partition coefficient (Wildman–Crippen LogP) is 5.16. The van der Waals surface area contributed by atoms with Crippen molar-refractivity contribution in [3.05, 3.63) is 93.8 Å². The van der Waals surface area contributed by atoms with Gasteiger partial charge in [0.25, 0.3) is 11.8 Å². The zero-order valence-corrected chi connectivity index (χ0v) is 21.0. The standard InChI is InChI=1S/C27H19ClFN3O4S/c1-2-35-23-13-16(12-20(28)24(23)36-15-18-8-4-3-7-17(18)14-30)11-19-25(33)31-27(37)32(26(19)34)22-10-6-5-9-21(22)29/h3-13H,2,15H2,1H3,(H,31,33,37)/b19-11+. The van der Waals surface area contributed by atoms with E-state index in [0.29, 0.717) is 16.7 Å². The Morgan fingerprint density at radius 1 is 1.14 bits per heavy atom. The summed E-state index contributed by atoms with van der Waals surface area (Å²) >= 11 is 11.6. The summed E-state index contributed by atoms with van der Waals surface area (Å²) in [5.74, 6) is -1.67. The lowest BCUT2D eigenvalue weighted by Crippen LogP contribution is -2.54. The Bertz CT molecular complexity index is 1480. The van der Waals surface area contributed by atoms with E-state index in [1.165, 1.54) is 30.3 Å². The first-order valence-electron chi connectivity index (χ1n) is 11.1. The molecule has 1 fully saturated rings. The Kier molecular flexibility index (Phi) is 7.82. The van der Waals surface area contributed by atoms with Gasteiger partial charge in [0.2, 0.25) is 0 Å². The van der Waals surface area contributed by atoms with Crippen LogP contribution in [-0.2, 0) is 16.2 Å². The minimum absolute atomic E-state index is 0.0693. The summed E-state index contributed by atoms with van der Waals surface area (Å²) in [6.07, 6.45) is 1.32. The van der Waals surface area contributed by atoms with E-state index in [-0.39, 0.29) is 46.1 Å². The first-order valence-corrected chi connectivity index (χ1v) is 11.9. The number of amides is 2. The van der Waals surface area contributed by atoms with Crippen LogP contribution in [0.1, 0.15) is 23.6 Å². The molecular formula is C27H19ClFN3O4S. The highest BCUT2D eigenvalue weighted by Gasteiger charge is 2.35. The summed E-state index contributed by atoms with van der Waals surface area (Å²) < 4.78 is 26.0. The van der Waals surface area contributed by atoms with Crippen molar-refractivity contribution in [2.45, 2.75) is 13.5 Å². The maximum absolute atomic E-state index is 14.4. The molecule has 3 aromatic carbocycles. The van der Waals surface area contributed by atoms with Gasteiger partial charge in [-0.15, -0.1) is 0 Å². The maximum atomic E-state index is 14.4. The Morgan fingerprint density at radius 2 is 1.86 bits per heavy atom. The van der Waals surface area contributed by atoms with Gasteiger partial charge in [0.05, 0.1) is 28.9 Å². The number of nitrogens with one attached hydrogen (secondary N) is 1. The van der Waals surface area contributed by atoms with Crippen molar-refractivity contribution in [1.82, 2.24) is 5.32 Å². The molecule has 0 unspecified atom stereocenters. The van der Waals surface area contributed by atoms with Gasteiger partial charge < -0.3 is 9.47 Å². The van der Waals surface area contributed by atoms with Crippen LogP contribution in [0.2, 0.25) is 5.02 Å². The van der Waals surface area contributed by atoms with E-state index in [0.717, 1.165) is 4.90 Å². The number of nitrogens with zero attached hydrogens (tertiary/aromatic N) is 2. The first-order chi connectivity index (χ1) is 17.8. The van der Waals surface area contributed by atoms with Gasteiger partial charge in [-0.3, -0.25) is 14.9 Å². The molecule has 3 aromatic rings. The third-order valence-electron chi connectivity index (χ3n) is 5.35. The molecule has 0 bridgehead atoms. The van der Waals surface area contributed by atoms with Gasteiger partial charge in [-0.2, -0.15) is 5.26 Å². The van der Waals surface area contributed by atoms with Gasteiger partial charge in [0, 0.05) is 5.56 Å². The molecular weight excluding hydrogens is 517 g/mol. The number of nitriles is 1. The van der Waals surface area contributed by atoms with Crippen molar-refractivity contribution in [1.29, 1.82) is 5.26 Å². The van der Waals surface area contributed by atoms with E-state index in [9.17, 15) is 19.2 Å². The van der Waals surface area contributed by atoms with Crippen molar-refractivity contribution in [3.63, 3.8) is 0 Å². The Morgan fingerprint density at radius 3 is 2.59 bits per heavy atom. The number of benzene rings is 3. The summed E-state index contributed by atoms with van der Waals surface area (Å²) in [5, 5.41) is 11.7. The minimum atomic E-state index is -0.790. The molecule has 0 saturated carbocycles. The molecule has 10 heteroatoms. The lowest BCUT2D eigenvalue weighted by Gasteiger charge is -2.29. The molecule has 1 heterocycles. The van der Waals surface area contributed by atoms with E-state index in [2.05, 4.69) is 11.4 Å². The number of carbonyl (C=O) groups excluding carboxylic acids is 2. The zero-order chi connectivity index (χ0) is 26.5. The van der Waals surface area contributed by atoms with Crippen molar-refractivity contribution < 1.29 is 23.5 Å². The number of carbonyl (C=O) groups is 2. The average Bonchev–Trinajstić information content (AvgIpc) is 2.87. The number of ether oxygens (including phenoxy) is 2. The van der Waals surface area contributed by atoms with Crippen LogP contribution in [0.15, 0.2) is 66.2 Å². The molecule has 0 aliphatic carbocycles. The van der Waals surface area contributed by atoms with Crippen LogP contribution in [0, 0.1) is 17.1 Å². The average molecular weight is 536 g/mol. The summed E-state index contributed by atoms with van der Waals surface area (Å²) in [7, 11) is 0. The third kappa shape index (κ3) is 5.45. The second-order valence-electron chi connectivity index (χ2n) is 7.73.